The van der Waals surface area contributed by atoms with Crippen LogP contribution >= 0.6 is 15.9 Å². The molecule has 6 nitrogen and oxygen atoms in total. The minimum Gasteiger partial charge on any atom is -0.381 e. The number of pyridine rings is 1. The van der Waals surface area contributed by atoms with E-state index in [0.717, 1.165) is 69.9 Å². The number of hydrogen-bond donors (Lipinski definition) is 0. The van der Waals surface area contributed by atoms with E-state index in [1.54, 1.807) is 12.4 Å². The van der Waals surface area contributed by atoms with Gasteiger partial charge in [-0.15, -0.1) is 0 Å². The van der Waals surface area contributed by atoms with E-state index in [4.69, 9.17) is 9.47 Å². The lowest BCUT2D eigenvalue weighted by Crippen LogP contribution is -2.48. The molecule has 0 spiro atoms. The van der Waals surface area contributed by atoms with Crippen molar-refractivity contribution in [2.24, 2.45) is 0 Å². The highest BCUT2D eigenvalue weighted by molar-refractivity contribution is 9.10. The molecule has 2 fully saturated rings. The van der Waals surface area contributed by atoms with E-state index in [1.807, 2.05) is 11.0 Å². The van der Waals surface area contributed by atoms with Crippen LogP contribution in [0.2, 0.25) is 0 Å². The molecule has 0 aromatic carbocycles. The van der Waals surface area contributed by atoms with Crippen molar-refractivity contribution in [3.05, 3.63) is 28.5 Å². The summed E-state index contributed by atoms with van der Waals surface area (Å²) in [7, 11) is 0. The lowest BCUT2D eigenvalue weighted by atomic mass is 10.1. The second-order valence-electron chi connectivity index (χ2n) is 6.19. The number of hydrogen-bond acceptors (Lipinski definition) is 5. The molecule has 3 heterocycles. The summed E-state index contributed by atoms with van der Waals surface area (Å²) in [4.78, 5) is 21.6. The zero-order valence-corrected chi connectivity index (χ0v) is 15.4. The lowest BCUT2D eigenvalue weighted by molar-refractivity contribution is 0.0141. The average Bonchev–Trinajstić information content (AvgIpc) is 2.63. The Morgan fingerprint density at radius 2 is 1.92 bits per heavy atom. The molecular formula is C17H24BrN3O3. The second-order valence-corrected chi connectivity index (χ2v) is 7.10. The summed E-state index contributed by atoms with van der Waals surface area (Å²) < 4.78 is 11.7. The Morgan fingerprint density at radius 3 is 2.62 bits per heavy atom. The Bertz CT molecular complexity index is 546. The minimum atomic E-state index is 0.0592. The summed E-state index contributed by atoms with van der Waals surface area (Å²) in [6.07, 6.45) is 5.14. The van der Waals surface area contributed by atoms with Crippen molar-refractivity contribution in [1.82, 2.24) is 14.8 Å². The van der Waals surface area contributed by atoms with Crippen LogP contribution in [0.15, 0.2) is 22.9 Å². The molecule has 2 aliphatic heterocycles. The third-order valence-electron chi connectivity index (χ3n) is 4.61. The van der Waals surface area contributed by atoms with Gasteiger partial charge in [0.15, 0.2) is 0 Å². The number of aromatic nitrogens is 1. The Morgan fingerprint density at radius 1 is 1.21 bits per heavy atom. The van der Waals surface area contributed by atoms with Gasteiger partial charge >= 0.3 is 0 Å². The van der Waals surface area contributed by atoms with Gasteiger partial charge in [-0.25, -0.2) is 0 Å². The first kappa shape index (κ1) is 17.8. The van der Waals surface area contributed by atoms with Gasteiger partial charge in [0.05, 0.1) is 18.8 Å². The highest BCUT2D eigenvalue weighted by Gasteiger charge is 2.27. The van der Waals surface area contributed by atoms with Crippen LogP contribution in [-0.4, -0.2) is 79.3 Å². The fraction of sp³-hybridized carbons (Fsp3) is 0.647. The first-order valence-electron chi connectivity index (χ1n) is 8.53. The number of amides is 1. The van der Waals surface area contributed by atoms with E-state index >= 15 is 0 Å². The zero-order chi connectivity index (χ0) is 16.8. The third kappa shape index (κ3) is 4.75. The molecule has 1 aromatic rings. The predicted octanol–water partition coefficient (Wildman–Crippen LogP) is 1.80. The molecule has 3 rings (SSSR count). The summed E-state index contributed by atoms with van der Waals surface area (Å²) in [5.74, 6) is 0.0592. The Kier molecular flexibility index (Phi) is 6.59. The van der Waals surface area contributed by atoms with Crippen LogP contribution in [0, 0.1) is 0 Å². The SMILES string of the molecule is O=C(c1cncc(Br)c1)N(CCN1CCOCC1)C1CCOCC1. The molecule has 24 heavy (non-hydrogen) atoms. The number of halogens is 1. The van der Waals surface area contributed by atoms with Crippen molar-refractivity contribution < 1.29 is 14.3 Å². The topological polar surface area (TPSA) is 54.9 Å². The van der Waals surface area contributed by atoms with E-state index in [2.05, 4.69) is 25.8 Å². The predicted molar refractivity (Wildman–Crippen MR) is 94.1 cm³/mol. The van der Waals surface area contributed by atoms with Crippen molar-refractivity contribution in [2.75, 3.05) is 52.6 Å². The normalized spacial score (nSPS) is 20.0. The quantitative estimate of drug-likeness (QED) is 0.757. The smallest absolute Gasteiger partial charge is 0.255 e. The molecule has 0 bridgehead atoms. The third-order valence-corrected chi connectivity index (χ3v) is 5.04. The molecule has 0 aliphatic carbocycles. The van der Waals surface area contributed by atoms with Crippen LogP contribution in [0.1, 0.15) is 23.2 Å². The van der Waals surface area contributed by atoms with Gasteiger partial charge in [0.1, 0.15) is 0 Å². The van der Waals surface area contributed by atoms with Crippen LogP contribution in [0.4, 0.5) is 0 Å². The van der Waals surface area contributed by atoms with Crippen LogP contribution < -0.4 is 0 Å². The van der Waals surface area contributed by atoms with Crippen molar-refractivity contribution in [3.63, 3.8) is 0 Å². The standard InChI is InChI=1S/C17H24BrN3O3/c18-15-11-14(12-19-13-15)17(22)21(16-1-7-23-8-2-16)4-3-20-5-9-24-10-6-20/h11-13,16H,1-10H2. The van der Waals surface area contributed by atoms with Crippen molar-refractivity contribution in [3.8, 4) is 0 Å². The van der Waals surface area contributed by atoms with Crippen molar-refractivity contribution in [1.29, 1.82) is 0 Å². The summed E-state index contributed by atoms with van der Waals surface area (Å²) in [6.45, 7) is 6.50. The van der Waals surface area contributed by atoms with Crippen LogP contribution in [0.25, 0.3) is 0 Å². The Balaban J connectivity index is 1.69. The fourth-order valence-corrected chi connectivity index (χ4v) is 3.58. The molecule has 7 heteroatoms. The first-order valence-corrected chi connectivity index (χ1v) is 9.33. The van der Waals surface area contributed by atoms with Gasteiger partial charge in [-0.3, -0.25) is 14.7 Å². The average molecular weight is 398 g/mol. The number of carbonyl (C=O) groups excluding carboxylic acids is 1. The van der Waals surface area contributed by atoms with Gasteiger partial charge in [0.2, 0.25) is 0 Å². The highest BCUT2D eigenvalue weighted by Crippen LogP contribution is 2.19. The molecule has 2 aliphatic rings. The van der Waals surface area contributed by atoms with Gasteiger partial charge in [0.25, 0.3) is 5.91 Å². The number of rotatable bonds is 5. The summed E-state index contributed by atoms with van der Waals surface area (Å²) in [5.41, 5.74) is 0.637. The molecule has 2 saturated heterocycles. The highest BCUT2D eigenvalue weighted by atomic mass is 79.9. The molecule has 0 unspecified atom stereocenters. The van der Waals surface area contributed by atoms with Crippen LogP contribution in [-0.2, 0) is 9.47 Å². The maximum atomic E-state index is 13.1. The fourth-order valence-electron chi connectivity index (χ4n) is 3.22. The number of ether oxygens (including phenoxy) is 2. The first-order chi connectivity index (χ1) is 11.7. The van der Waals surface area contributed by atoms with Crippen LogP contribution in [0.3, 0.4) is 0 Å². The van der Waals surface area contributed by atoms with E-state index in [-0.39, 0.29) is 11.9 Å². The monoisotopic (exact) mass is 397 g/mol. The zero-order valence-electron chi connectivity index (χ0n) is 13.8. The van der Waals surface area contributed by atoms with E-state index in [0.29, 0.717) is 5.56 Å². The van der Waals surface area contributed by atoms with E-state index in [9.17, 15) is 4.79 Å². The summed E-state index contributed by atoms with van der Waals surface area (Å²) in [6, 6.07) is 2.09. The van der Waals surface area contributed by atoms with Gasteiger partial charge in [-0.1, -0.05) is 0 Å². The molecule has 0 atom stereocenters. The van der Waals surface area contributed by atoms with Gasteiger partial charge < -0.3 is 14.4 Å². The Hall–Kier alpha value is -1.02. The number of nitrogens with zero attached hydrogens (tertiary/aromatic N) is 3. The largest absolute Gasteiger partial charge is 0.381 e. The van der Waals surface area contributed by atoms with Crippen molar-refractivity contribution in [2.45, 2.75) is 18.9 Å². The van der Waals surface area contributed by atoms with E-state index < -0.39 is 0 Å². The van der Waals surface area contributed by atoms with Gasteiger partial charge in [0, 0.05) is 62.3 Å². The maximum absolute atomic E-state index is 13.1. The molecule has 0 N–H and O–H groups in total. The van der Waals surface area contributed by atoms with Gasteiger partial charge in [-0.05, 0) is 34.8 Å². The lowest BCUT2D eigenvalue weighted by Gasteiger charge is -2.36. The second kappa shape index (κ2) is 8.89. The van der Waals surface area contributed by atoms with E-state index in [1.165, 1.54) is 0 Å². The van der Waals surface area contributed by atoms with Crippen LogP contribution in [0.5, 0.6) is 0 Å². The van der Waals surface area contributed by atoms with Crippen molar-refractivity contribution >= 4 is 21.8 Å². The Labute approximate surface area is 151 Å². The number of morpholine rings is 1. The molecule has 1 aromatic heterocycles. The summed E-state index contributed by atoms with van der Waals surface area (Å²) in [5, 5.41) is 0. The molecule has 0 saturated carbocycles. The van der Waals surface area contributed by atoms with Gasteiger partial charge in [-0.2, -0.15) is 0 Å². The summed E-state index contributed by atoms with van der Waals surface area (Å²) >= 11 is 3.40. The number of carbonyl (C=O) groups is 1. The molecule has 1 amide bonds. The maximum Gasteiger partial charge on any atom is 0.255 e. The molecule has 0 radical (unpaired) electrons. The molecule has 132 valence electrons. The minimum absolute atomic E-state index is 0.0592. The molecular weight excluding hydrogens is 374 g/mol.